The van der Waals surface area contributed by atoms with E-state index in [1.165, 1.54) is 23.1 Å². The molecule has 0 aromatic heterocycles. The minimum Gasteiger partial charge on any atom is -0.497 e. The zero-order chi connectivity index (χ0) is 19.1. The Kier molecular flexibility index (Phi) is 6.97. The van der Waals surface area contributed by atoms with Crippen LogP contribution in [-0.2, 0) is 9.59 Å². The number of rotatable bonds is 8. The van der Waals surface area contributed by atoms with Gasteiger partial charge in [0.2, 0.25) is 5.91 Å². The Bertz CT molecular complexity index is 783. The van der Waals surface area contributed by atoms with Crippen molar-refractivity contribution in [2.75, 3.05) is 25.2 Å². The Hall–Kier alpha value is -2.61. The van der Waals surface area contributed by atoms with E-state index in [0.717, 1.165) is 0 Å². The molecule has 0 radical (unpaired) electrons. The van der Waals surface area contributed by atoms with Crippen LogP contribution in [0.15, 0.2) is 46.9 Å². The van der Waals surface area contributed by atoms with Gasteiger partial charge in [-0.3, -0.25) is 9.59 Å². The van der Waals surface area contributed by atoms with Crippen LogP contribution in [0.1, 0.15) is 6.42 Å². The first-order valence-corrected chi connectivity index (χ1v) is 8.50. The summed E-state index contributed by atoms with van der Waals surface area (Å²) >= 11 is 3.18. The molecule has 2 aromatic carbocycles. The molecule has 0 atom stereocenters. The summed E-state index contributed by atoms with van der Waals surface area (Å²) < 4.78 is 24.1. The van der Waals surface area contributed by atoms with E-state index in [9.17, 15) is 14.0 Å². The molecule has 2 N–H and O–H groups in total. The number of hydrogen-bond acceptors (Lipinski definition) is 4. The molecule has 6 nitrogen and oxygen atoms in total. The summed E-state index contributed by atoms with van der Waals surface area (Å²) in [5.74, 6) is -0.324. The van der Waals surface area contributed by atoms with Crippen molar-refractivity contribution in [3.05, 3.63) is 52.8 Å². The van der Waals surface area contributed by atoms with Crippen LogP contribution in [0, 0.1) is 5.82 Å². The van der Waals surface area contributed by atoms with Crippen LogP contribution in [0.5, 0.6) is 11.5 Å². The summed E-state index contributed by atoms with van der Waals surface area (Å²) in [6, 6.07) is 10.7. The van der Waals surface area contributed by atoms with Crippen LogP contribution in [0.25, 0.3) is 0 Å². The van der Waals surface area contributed by atoms with Crippen molar-refractivity contribution < 1.29 is 23.5 Å². The van der Waals surface area contributed by atoms with E-state index in [1.54, 1.807) is 31.4 Å². The quantitative estimate of drug-likeness (QED) is 0.706. The number of nitrogens with zero attached hydrogens (tertiary/aromatic N) is 1. The first kappa shape index (κ1) is 19.7. The summed E-state index contributed by atoms with van der Waals surface area (Å²) in [6.45, 7) is -0.163. The van der Waals surface area contributed by atoms with Gasteiger partial charge in [0.15, 0.2) is 6.61 Å². The van der Waals surface area contributed by atoms with Crippen molar-refractivity contribution in [1.29, 1.82) is 0 Å². The fraction of sp³-hybridized carbons (Fsp3) is 0.222. The van der Waals surface area contributed by atoms with E-state index < -0.39 is 11.7 Å². The number of amides is 2. The molecule has 2 amide bonds. The third kappa shape index (κ3) is 5.45. The first-order valence-electron chi connectivity index (χ1n) is 7.71. The number of carbonyl (C=O) groups excluding carboxylic acids is 2. The lowest BCUT2D eigenvalue weighted by Gasteiger charge is -2.23. The molecule has 0 bridgehead atoms. The molecule has 138 valence electrons. The fourth-order valence-electron chi connectivity index (χ4n) is 2.19. The predicted molar refractivity (Wildman–Crippen MR) is 98.8 cm³/mol. The highest BCUT2D eigenvalue weighted by Crippen LogP contribution is 2.26. The molecule has 0 fully saturated rings. The van der Waals surface area contributed by atoms with Crippen molar-refractivity contribution in [2.45, 2.75) is 6.42 Å². The number of hydrogen-bond donors (Lipinski definition) is 1. The van der Waals surface area contributed by atoms with Crippen LogP contribution >= 0.6 is 15.9 Å². The Morgan fingerprint density at radius 2 is 1.88 bits per heavy atom. The maximum absolute atomic E-state index is 13.1. The number of primary amides is 1. The lowest BCUT2D eigenvalue weighted by molar-refractivity contribution is -0.120. The molecule has 0 spiro atoms. The molecule has 0 unspecified atom stereocenters. The molecule has 0 saturated heterocycles. The molecule has 2 rings (SSSR count). The van der Waals surface area contributed by atoms with E-state index in [1.807, 2.05) is 0 Å². The van der Waals surface area contributed by atoms with Gasteiger partial charge in [-0.1, -0.05) is 0 Å². The molecule has 0 heterocycles. The van der Waals surface area contributed by atoms with Crippen molar-refractivity contribution in [1.82, 2.24) is 0 Å². The van der Waals surface area contributed by atoms with Crippen LogP contribution in [-0.4, -0.2) is 32.1 Å². The number of anilines is 1. The van der Waals surface area contributed by atoms with E-state index in [4.69, 9.17) is 15.2 Å². The number of nitrogens with two attached hydrogens (primary N) is 1. The zero-order valence-electron chi connectivity index (χ0n) is 14.1. The van der Waals surface area contributed by atoms with Gasteiger partial charge in [-0.15, -0.1) is 0 Å². The van der Waals surface area contributed by atoms with Gasteiger partial charge < -0.3 is 20.1 Å². The highest BCUT2D eigenvalue weighted by atomic mass is 79.9. The van der Waals surface area contributed by atoms with Gasteiger partial charge in [0.25, 0.3) is 5.91 Å². The second-order valence-electron chi connectivity index (χ2n) is 5.32. The standard InChI is InChI=1S/C18H18BrFN2O4/c1-25-14-5-3-13(4-6-14)22(9-8-17(21)23)18(24)11-26-16-7-2-12(20)10-15(16)19/h2-7,10H,8-9,11H2,1H3,(H2,21,23). The lowest BCUT2D eigenvalue weighted by atomic mass is 10.2. The van der Waals surface area contributed by atoms with E-state index >= 15 is 0 Å². The van der Waals surface area contributed by atoms with Crippen LogP contribution in [0.3, 0.4) is 0 Å². The van der Waals surface area contributed by atoms with E-state index in [2.05, 4.69) is 15.9 Å². The first-order chi connectivity index (χ1) is 12.4. The van der Waals surface area contributed by atoms with Gasteiger partial charge in [0.1, 0.15) is 17.3 Å². The lowest BCUT2D eigenvalue weighted by Crippen LogP contribution is -2.37. The molecular formula is C18H18BrFN2O4. The second kappa shape index (κ2) is 9.19. The summed E-state index contributed by atoms with van der Waals surface area (Å²) in [6.07, 6.45) is 0.0119. The smallest absolute Gasteiger partial charge is 0.264 e. The fourth-order valence-corrected chi connectivity index (χ4v) is 2.66. The zero-order valence-corrected chi connectivity index (χ0v) is 15.7. The van der Waals surface area contributed by atoms with Crippen molar-refractivity contribution in [3.63, 3.8) is 0 Å². The average molecular weight is 425 g/mol. The number of methoxy groups -OCH3 is 1. The molecule has 0 aliphatic carbocycles. The minimum absolute atomic E-state index is 0.0119. The van der Waals surface area contributed by atoms with Crippen molar-refractivity contribution in [3.8, 4) is 11.5 Å². The number of halogens is 2. The monoisotopic (exact) mass is 424 g/mol. The topological polar surface area (TPSA) is 81.9 Å². The van der Waals surface area contributed by atoms with Crippen molar-refractivity contribution in [2.24, 2.45) is 5.73 Å². The van der Waals surface area contributed by atoms with Crippen LogP contribution < -0.4 is 20.1 Å². The Labute approximate surface area is 158 Å². The third-order valence-corrected chi connectivity index (χ3v) is 4.13. The maximum Gasteiger partial charge on any atom is 0.264 e. The minimum atomic E-state index is -0.515. The van der Waals surface area contributed by atoms with E-state index in [-0.39, 0.29) is 25.5 Å². The van der Waals surface area contributed by atoms with Crippen molar-refractivity contribution >= 4 is 33.4 Å². The molecule has 8 heteroatoms. The van der Waals surface area contributed by atoms with Gasteiger partial charge in [-0.25, -0.2) is 4.39 Å². The number of carbonyl (C=O) groups is 2. The summed E-state index contributed by atoms with van der Waals surface area (Å²) in [7, 11) is 1.54. The Morgan fingerprint density at radius 3 is 2.46 bits per heavy atom. The molecule has 2 aromatic rings. The highest BCUT2D eigenvalue weighted by Gasteiger charge is 2.18. The summed E-state index contributed by atoms with van der Waals surface area (Å²) in [5, 5.41) is 0. The molecule has 26 heavy (non-hydrogen) atoms. The molecule has 0 saturated carbocycles. The van der Waals surface area contributed by atoms with Gasteiger partial charge in [-0.05, 0) is 58.4 Å². The van der Waals surface area contributed by atoms with Gasteiger partial charge in [0.05, 0.1) is 11.6 Å². The average Bonchev–Trinajstić information content (AvgIpc) is 2.61. The predicted octanol–water partition coefficient (Wildman–Crippen LogP) is 2.88. The number of benzene rings is 2. The molecular weight excluding hydrogens is 407 g/mol. The maximum atomic E-state index is 13.1. The largest absolute Gasteiger partial charge is 0.497 e. The van der Waals surface area contributed by atoms with Gasteiger partial charge >= 0.3 is 0 Å². The Balaban J connectivity index is 2.12. The highest BCUT2D eigenvalue weighted by molar-refractivity contribution is 9.10. The van der Waals surface area contributed by atoms with Gasteiger partial charge in [0, 0.05) is 18.7 Å². The Morgan fingerprint density at radius 1 is 1.19 bits per heavy atom. The molecule has 0 aliphatic rings. The van der Waals surface area contributed by atoms with Crippen LogP contribution in [0.4, 0.5) is 10.1 Å². The van der Waals surface area contributed by atoms with Gasteiger partial charge in [-0.2, -0.15) is 0 Å². The number of ether oxygens (including phenoxy) is 2. The summed E-state index contributed by atoms with van der Waals surface area (Å²) in [5.41, 5.74) is 5.78. The molecule has 0 aliphatic heterocycles. The second-order valence-corrected chi connectivity index (χ2v) is 6.18. The third-order valence-electron chi connectivity index (χ3n) is 3.51. The van der Waals surface area contributed by atoms with E-state index in [0.29, 0.717) is 21.7 Å². The van der Waals surface area contributed by atoms with Crippen LogP contribution in [0.2, 0.25) is 0 Å². The normalized spacial score (nSPS) is 10.3. The summed E-state index contributed by atoms with van der Waals surface area (Å²) in [4.78, 5) is 25.1. The SMILES string of the molecule is COc1ccc(N(CCC(N)=O)C(=O)COc2ccc(F)cc2Br)cc1.